The van der Waals surface area contributed by atoms with Gasteiger partial charge in [-0.15, -0.1) is 5.10 Å². The van der Waals surface area contributed by atoms with Gasteiger partial charge in [0.1, 0.15) is 5.52 Å². The zero-order valence-electron chi connectivity index (χ0n) is 10.5. The van der Waals surface area contributed by atoms with E-state index in [0.29, 0.717) is 0 Å². The van der Waals surface area contributed by atoms with E-state index in [1.807, 2.05) is 41.9 Å². The fourth-order valence-corrected chi connectivity index (χ4v) is 2.31. The van der Waals surface area contributed by atoms with Crippen molar-refractivity contribution in [2.45, 2.75) is 6.42 Å². The summed E-state index contributed by atoms with van der Waals surface area (Å²) in [6.45, 7) is 0. The van der Waals surface area contributed by atoms with E-state index in [-0.39, 0.29) is 5.28 Å². The summed E-state index contributed by atoms with van der Waals surface area (Å²) in [7, 11) is 1.82. The SMILES string of the molecule is CNc1nc(Cl)nn2c(Cc3ccccc3)ccc12. The highest BCUT2D eigenvalue weighted by atomic mass is 35.5. The second-order valence-electron chi connectivity index (χ2n) is 4.26. The summed E-state index contributed by atoms with van der Waals surface area (Å²) in [4.78, 5) is 4.16. The Bertz CT molecular complexity index is 706. The van der Waals surface area contributed by atoms with Crippen molar-refractivity contribution < 1.29 is 0 Å². The molecule has 0 aliphatic carbocycles. The highest BCUT2D eigenvalue weighted by Gasteiger charge is 2.09. The minimum absolute atomic E-state index is 0.238. The molecule has 5 heteroatoms. The third kappa shape index (κ3) is 2.27. The largest absolute Gasteiger partial charge is 0.371 e. The maximum atomic E-state index is 5.95. The van der Waals surface area contributed by atoms with E-state index in [2.05, 4.69) is 27.5 Å². The van der Waals surface area contributed by atoms with Gasteiger partial charge in [0.25, 0.3) is 0 Å². The number of aromatic nitrogens is 3. The Balaban J connectivity index is 2.08. The lowest BCUT2D eigenvalue weighted by molar-refractivity contribution is 0.850. The minimum atomic E-state index is 0.238. The number of nitrogens with zero attached hydrogens (tertiary/aromatic N) is 3. The molecule has 0 radical (unpaired) electrons. The van der Waals surface area contributed by atoms with Crippen LogP contribution in [0.2, 0.25) is 5.28 Å². The van der Waals surface area contributed by atoms with E-state index in [1.54, 1.807) is 0 Å². The van der Waals surface area contributed by atoms with Gasteiger partial charge in [0.05, 0.1) is 0 Å². The van der Waals surface area contributed by atoms with Crippen LogP contribution in [-0.4, -0.2) is 21.6 Å². The molecule has 0 spiro atoms. The van der Waals surface area contributed by atoms with Gasteiger partial charge < -0.3 is 5.32 Å². The molecule has 0 aliphatic rings. The molecule has 0 amide bonds. The first-order chi connectivity index (χ1) is 9.28. The molecule has 19 heavy (non-hydrogen) atoms. The molecule has 2 aromatic heterocycles. The van der Waals surface area contributed by atoms with Gasteiger partial charge in [0, 0.05) is 19.2 Å². The summed E-state index contributed by atoms with van der Waals surface area (Å²) in [6.07, 6.45) is 0.811. The molecule has 3 aromatic rings. The fourth-order valence-electron chi connectivity index (χ4n) is 2.15. The number of halogens is 1. The molecule has 0 aliphatic heterocycles. The topological polar surface area (TPSA) is 42.2 Å². The first-order valence-corrected chi connectivity index (χ1v) is 6.41. The first-order valence-electron chi connectivity index (χ1n) is 6.04. The third-order valence-electron chi connectivity index (χ3n) is 3.03. The Morgan fingerprint density at radius 2 is 1.95 bits per heavy atom. The van der Waals surface area contributed by atoms with E-state index >= 15 is 0 Å². The molecule has 4 nitrogen and oxygen atoms in total. The first kappa shape index (κ1) is 12.0. The van der Waals surface area contributed by atoms with Crippen molar-refractivity contribution in [3.8, 4) is 0 Å². The Kier molecular flexibility index (Phi) is 3.09. The monoisotopic (exact) mass is 272 g/mol. The molecule has 0 saturated carbocycles. The summed E-state index contributed by atoms with van der Waals surface area (Å²) >= 11 is 5.95. The summed E-state index contributed by atoms with van der Waals surface area (Å²) < 4.78 is 1.84. The summed E-state index contributed by atoms with van der Waals surface area (Å²) in [5.74, 6) is 0.735. The number of anilines is 1. The summed E-state index contributed by atoms with van der Waals surface area (Å²) in [5, 5.41) is 7.54. The van der Waals surface area contributed by atoms with Gasteiger partial charge in [-0.1, -0.05) is 30.3 Å². The molecule has 96 valence electrons. The molecular weight excluding hydrogens is 260 g/mol. The van der Waals surface area contributed by atoms with Gasteiger partial charge in [-0.2, -0.15) is 4.98 Å². The van der Waals surface area contributed by atoms with Crippen LogP contribution in [0, 0.1) is 0 Å². The van der Waals surface area contributed by atoms with Crippen molar-refractivity contribution in [2.24, 2.45) is 0 Å². The molecule has 0 fully saturated rings. The number of benzene rings is 1. The second kappa shape index (κ2) is 4.90. The molecule has 1 aromatic carbocycles. The number of hydrogen-bond donors (Lipinski definition) is 1. The van der Waals surface area contributed by atoms with Crippen LogP contribution >= 0.6 is 11.6 Å². The molecule has 2 heterocycles. The van der Waals surface area contributed by atoms with Crippen LogP contribution < -0.4 is 5.32 Å². The summed E-state index contributed by atoms with van der Waals surface area (Å²) in [6, 6.07) is 14.3. The van der Waals surface area contributed by atoms with Gasteiger partial charge in [0.2, 0.25) is 5.28 Å². The van der Waals surface area contributed by atoms with Crippen LogP contribution in [0.1, 0.15) is 11.3 Å². The normalized spacial score (nSPS) is 10.8. The van der Waals surface area contributed by atoms with Gasteiger partial charge in [-0.25, -0.2) is 4.52 Å². The predicted molar refractivity (Wildman–Crippen MR) is 76.8 cm³/mol. The molecule has 0 unspecified atom stereocenters. The second-order valence-corrected chi connectivity index (χ2v) is 4.60. The molecule has 0 saturated heterocycles. The van der Waals surface area contributed by atoms with Gasteiger partial charge in [0.15, 0.2) is 5.82 Å². The van der Waals surface area contributed by atoms with Crippen molar-refractivity contribution in [1.82, 2.24) is 14.6 Å². The molecule has 1 N–H and O–H groups in total. The van der Waals surface area contributed by atoms with Gasteiger partial charge in [-0.3, -0.25) is 0 Å². The van der Waals surface area contributed by atoms with E-state index in [1.165, 1.54) is 5.56 Å². The van der Waals surface area contributed by atoms with Crippen molar-refractivity contribution in [2.75, 3.05) is 12.4 Å². The molecule has 3 rings (SSSR count). The van der Waals surface area contributed by atoms with Crippen LogP contribution in [-0.2, 0) is 6.42 Å². The van der Waals surface area contributed by atoms with Crippen LogP contribution in [0.5, 0.6) is 0 Å². The van der Waals surface area contributed by atoms with Gasteiger partial charge in [-0.05, 0) is 29.3 Å². The summed E-state index contributed by atoms with van der Waals surface area (Å²) in [5.41, 5.74) is 3.25. The highest BCUT2D eigenvalue weighted by Crippen LogP contribution is 2.20. The zero-order chi connectivity index (χ0) is 13.2. The van der Waals surface area contributed by atoms with Gasteiger partial charge >= 0.3 is 0 Å². The lowest BCUT2D eigenvalue weighted by atomic mass is 10.1. The van der Waals surface area contributed by atoms with E-state index < -0.39 is 0 Å². The van der Waals surface area contributed by atoms with E-state index in [4.69, 9.17) is 11.6 Å². The lowest BCUT2D eigenvalue weighted by Crippen LogP contribution is -2.04. The number of hydrogen-bond acceptors (Lipinski definition) is 3. The predicted octanol–water partition coefficient (Wildman–Crippen LogP) is 3.02. The molecular formula is C14H13ClN4. The highest BCUT2D eigenvalue weighted by molar-refractivity contribution is 6.28. The van der Waals surface area contributed by atoms with Crippen LogP contribution in [0.3, 0.4) is 0 Å². The standard InChI is InChI=1S/C14H13ClN4/c1-16-13-12-8-7-11(19(12)18-14(15)17-13)9-10-5-3-2-4-6-10/h2-8H,9H2,1H3,(H,16,17,18). The Labute approximate surface area is 116 Å². The maximum absolute atomic E-state index is 5.95. The van der Waals surface area contributed by atoms with Crippen LogP contribution in [0.25, 0.3) is 5.52 Å². The van der Waals surface area contributed by atoms with Crippen molar-refractivity contribution in [3.05, 3.63) is 59.0 Å². The average Bonchev–Trinajstić information content (AvgIpc) is 2.82. The Hall–Kier alpha value is -2.07. The van der Waals surface area contributed by atoms with E-state index in [9.17, 15) is 0 Å². The minimum Gasteiger partial charge on any atom is -0.371 e. The van der Waals surface area contributed by atoms with E-state index in [0.717, 1.165) is 23.4 Å². The van der Waals surface area contributed by atoms with Crippen molar-refractivity contribution in [3.63, 3.8) is 0 Å². The Morgan fingerprint density at radius 1 is 1.16 bits per heavy atom. The fraction of sp³-hybridized carbons (Fsp3) is 0.143. The molecule has 0 bridgehead atoms. The quantitative estimate of drug-likeness (QED) is 0.797. The maximum Gasteiger partial charge on any atom is 0.243 e. The van der Waals surface area contributed by atoms with Crippen LogP contribution in [0.15, 0.2) is 42.5 Å². The average molecular weight is 273 g/mol. The lowest BCUT2D eigenvalue weighted by Gasteiger charge is -2.06. The van der Waals surface area contributed by atoms with Crippen LogP contribution in [0.4, 0.5) is 5.82 Å². The van der Waals surface area contributed by atoms with Crippen molar-refractivity contribution >= 4 is 22.9 Å². The Morgan fingerprint density at radius 3 is 2.68 bits per heavy atom. The number of rotatable bonds is 3. The smallest absolute Gasteiger partial charge is 0.243 e. The molecule has 0 atom stereocenters. The van der Waals surface area contributed by atoms with Crippen molar-refractivity contribution in [1.29, 1.82) is 0 Å². The number of fused-ring (bicyclic) bond motifs is 1. The third-order valence-corrected chi connectivity index (χ3v) is 3.19. The number of nitrogens with one attached hydrogen (secondary N) is 1. The zero-order valence-corrected chi connectivity index (χ0v) is 11.2.